The third kappa shape index (κ3) is 2.88. The van der Waals surface area contributed by atoms with Gasteiger partial charge in [0.15, 0.2) is 5.78 Å². The van der Waals surface area contributed by atoms with E-state index in [1.807, 2.05) is 19.9 Å². The quantitative estimate of drug-likeness (QED) is 0.875. The van der Waals surface area contributed by atoms with Crippen LogP contribution < -0.4 is 11.2 Å². The first-order valence-electron chi connectivity index (χ1n) is 5.98. The number of hydrogen-bond donors (Lipinski definition) is 1. The van der Waals surface area contributed by atoms with Crippen molar-refractivity contribution in [2.24, 2.45) is 0 Å². The molecule has 6 heteroatoms. The highest BCUT2D eigenvalue weighted by atomic mass is 35.5. The van der Waals surface area contributed by atoms with Gasteiger partial charge in [-0.2, -0.15) is 0 Å². The second kappa shape index (κ2) is 5.46. The molecule has 2 aromatic rings. The second-order valence-electron chi connectivity index (χ2n) is 4.59. The van der Waals surface area contributed by atoms with Gasteiger partial charge in [0.25, 0.3) is 5.56 Å². The molecule has 0 bridgehead atoms. The highest BCUT2D eigenvalue weighted by Gasteiger charge is 2.10. The number of aromatic amines is 1. The molecule has 0 spiro atoms. The predicted molar refractivity (Wildman–Crippen MR) is 76.6 cm³/mol. The average molecular weight is 293 g/mol. The van der Waals surface area contributed by atoms with Crippen LogP contribution in [0.5, 0.6) is 0 Å². The minimum atomic E-state index is -0.661. The Hall–Kier alpha value is -2.14. The van der Waals surface area contributed by atoms with Crippen LogP contribution in [0.25, 0.3) is 0 Å². The lowest BCUT2D eigenvalue weighted by Gasteiger charge is -2.07. The molecule has 0 aliphatic heterocycles. The van der Waals surface area contributed by atoms with Crippen LogP contribution in [0.15, 0.2) is 34.0 Å². The number of carbonyl (C=O) groups is 1. The molecule has 104 valence electrons. The largest absolute Gasteiger partial charge is 0.328 e. The summed E-state index contributed by atoms with van der Waals surface area (Å²) in [5.41, 5.74) is 1.29. The number of nitrogens with zero attached hydrogens (tertiary/aromatic N) is 1. The van der Waals surface area contributed by atoms with Gasteiger partial charge < -0.3 is 0 Å². The number of nitrogens with one attached hydrogen (secondary N) is 1. The lowest BCUT2D eigenvalue weighted by atomic mass is 10.0. The van der Waals surface area contributed by atoms with Crippen molar-refractivity contribution in [3.63, 3.8) is 0 Å². The van der Waals surface area contributed by atoms with Gasteiger partial charge in [0.2, 0.25) is 0 Å². The van der Waals surface area contributed by atoms with Gasteiger partial charge in [-0.1, -0.05) is 23.7 Å². The fourth-order valence-corrected chi connectivity index (χ4v) is 1.93. The van der Waals surface area contributed by atoms with Crippen molar-refractivity contribution in [1.29, 1.82) is 0 Å². The molecule has 0 fully saturated rings. The van der Waals surface area contributed by atoms with Crippen molar-refractivity contribution >= 4 is 17.4 Å². The van der Waals surface area contributed by atoms with Gasteiger partial charge in [-0.05, 0) is 31.0 Å². The zero-order valence-electron chi connectivity index (χ0n) is 11.1. The first-order valence-corrected chi connectivity index (χ1v) is 6.36. The number of halogens is 1. The highest BCUT2D eigenvalue weighted by Crippen LogP contribution is 2.11. The minimum Gasteiger partial charge on any atom is -0.292 e. The Kier molecular flexibility index (Phi) is 3.90. The van der Waals surface area contributed by atoms with Crippen molar-refractivity contribution in [2.75, 3.05) is 0 Å². The molecule has 1 heterocycles. The number of benzene rings is 1. The SMILES string of the molecule is Cc1ccc(C(=O)Cn2cc(Cl)c(=O)[nH]c2=O)cc1C. The van der Waals surface area contributed by atoms with E-state index in [4.69, 9.17) is 11.6 Å². The number of aryl methyl sites for hydroxylation is 2. The molecule has 1 aromatic heterocycles. The number of rotatable bonds is 3. The molecule has 0 aliphatic carbocycles. The molecule has 2 rings (SSSR count). The normalized spacial score (nSPS) is 10.6. The van der Waals surface area contributed by atoms with Crippen molar-refractivity contribution in [1.82, 2.24) is 9.55 Å². The molecule has 0 amide bonds. The van der Waals surface area contributed by atoms with Gasteiger partial charge in [0.1, 0.15) is 5.02 Å². The van der Waals surface area contributed by atoms with Gasteiger partial charge in [-0.15, -0.1) is 0 Å². The fourth-order valence-electron chi connectivity index (χ4n) is 1.76. The Balaban J connectivity index is 2.32. The fraction of sp³-hybridized carbons (Fsp3) is 0.214. The van der Waals surface area contributed by atoms with Crippen LogP contribution in [0.3, 0.4) is 0 Å². The van der Waals surface area contributed by atoms with Crippen molar-refractivity contribution in [3.8, 4) is 0 Å². The third-order valence-electron chi connectivity index (χ3n) is 3.11. The van der Waals surface area contributed by atoms with Gasteiger partial charge >= 0.3 is 5.69 Å². The van der Waals surface area contributed by atoms with E-state index in [0.29, 0.717) is 5.56 Å². The lowest BCUT2D eigenvalue weighted by Crippen LogP contribution is -2.31. The Bertz CT molecular complexity index is 790. The summed E-state index contributed by atoms with van der Waals surface area (Å²) < 4.78 is 1.08. The van der Waals surface area contributed by atoms with Crippen LogP contribution in [-0.4, -0.2) is 15.3 Å². The maximum Gasteiger partial charge on any atom is 0.328 e. The summed E-state index contributed by atoms with van der Waals surface area (Å²) in [6, 6.07) is 5.34. The van der Waals surface area contributed by atoms with Crippen LogP contribution in [0.1, 0.15) is 21.5 Å². The summed E-state index contributed by atoms with van der Waals surface area (Å²) in [6.07, 6.45) is 1.17. The van der Waals surface area contributed by atoms with Crippen molar-refractivity contribution in [3.05, 3.63) is 66.9 Å². The second-order valence-corrected chi connectivity index (χ2v) is 4.99. The summed E-state index contributed by atoms with van der Waals surface area (Å²) in [7, 11) is 0. The van der Waals surface area contributed by atoms with Crippen molar-refractivity contribution < 1.29 is 4.79 Å². The van der Waals surface area contributed by atoms with Gasteiger partial charge in [0, 0.05) is 11.8 Å². The Morgan fingerprint density at radius 2 is 1.95 bits per heavy atom. The number of H-pyrrole nitrogens is 1. The first kappa shape index (κ1) is 14.3. The van der Waals surface area contributed by atoms with Crippen LogP contribution >= 0.6 is 11.6 Å². The molecule has 0 atom stereocenters. The third-order valence-corrected chi connectivity index (χ3v) is 3.38. The Morgan fingerprint density at radius 3 is 2.60 bits per heavy atom. The summed E-state index contributed by atoms with van der Waals surface area (Å²) in [6.45, 7) is 3.70. The molecule has 0 aliphatic rings. The number of aromatic nitrogens is 2. The smallest absolute Gasteiger partial charge is 0.292 e. The molecular weight excluding hydrogens is 280 g/mol. The molecule has 5 nitrogen and oxygen atoms in total. The summed E-state index contributed by atoms with van der Waals surface area (Å²) in [4.78, 5) is 36.9. The average Bonchev–Trinajstić information content (AvgIpc) is 2.39. The van der Waals surface area contributed by atoms with E-state index in [2.05, 4.69) is 4.98 Å². The maximum atomic E-state index is 12.1. The van der Waals surface area contributed by atoms with Crippen LogP contribution in [0, 0.1) is 13.8 Å². The predicted octanol–water partition coefficient (Wildman–Crippen LogP) is 1.69. The molecule has 0 saturated carbocycles. The van der Waals surface area contributed by atoms with E-state index < -0.39 is 11.2 Å². The molecule has 0 radical (unpaired) electrons. The number of hydrogen-bond acceptors (Lipinski definition) is 3. The molecular formula is C14H13ClN2O3. The van der Waals surface area contributed by atoms with E-state index >= 15 is 0 Å². The number of ketones is 1. The minimum absolute atomic E-state index is 0.127. The van der Waals surface area contributed by atoms with Gasteiger partial charge in [-0.25, -0.2) is 4.79 Å². The monoisotopic (exact) mass is 292 g/mol. The molecule has 1 aromatic carbocycles. The molecule has 1 N–H and O–H groups in total. The Labute approximate surface area is 119 Å². The number of carbonyl (C=O) groups excluding carboxylic acids is 1. The topological polar surface area (TPSA) is 71.9 Å². The van der Waals surface area contributed by atoms with E-state index in [1.54, 1.807) is 12.1 Å². The maximum absolute atomic E-state index is 12.1. The first-order chi connectivity index (χ1) is 9.38. The lowest BCUT2D eigenvalue weighted by molar-refractivity contribution is 0.0970. The van der Waals surface area contributed by atoms with Crippen molar-refractivity contribution in [2.45, 2.75) is 20.4 Å². The van der Waals surface area contributed by atoms with E-state index in [9.17, 15) is 14.4 Å². The number of Topliss-reactive ketones (excluding diaryl/α,β-unsaturated/α-hetero) is 1. The van der Waals surface area contributed by atoms with Crippen LogP contribution in [0.2, 0.25) is 5.02 Å². The summed E-state index contributed by atoms with van der Waals surface area (Å²) >= 11 is 5.65. The summed E-state index contributed by atoms with van der Waals surface area (Å²) in [5.74, 6) is -0.224. The van der Waals surface area contributed by atoms with Crippen LogP contribution in [-0.2, 0) is 6.54 Å². The van der Waals surface area contributed by atoms with E-state index in [0.717, 1.165) is 15.7 Å². The zero-order chi connectivity index (χ0) is 14.9. The Morgan fingerprint density at radius 1 is 1.25 bits per heavy atom. The highest BCUT2D eigenvalue weighted by molar-refractivity contribution is 6.30. The van der Waals surface area contributed by atoms with E-state index in [1.165, 1.54) is 6.20 Å². The summed E-state index contributed by atoms with van der Waals surface area (Å²) in [5, 5.41) is -0.127. The standard InChI is InChI=1S/C14H13ClN2O3/c1-8-3-4-10(5-9(8)2)12(18)7-17-6-11(15)13(19)16-14(17)20/h3-6H,7H2,1-2H3,(H,16,19,20). The molecule has 20 heavy (non-hydrogen) atoms. The van der Waals surface area contributed by atoms with Gasteiger partial charge in [0.05, 0.1) is 6.54 Å². The zero-order valence-corrected chi connectivity index (χ0v) is 11.8. The van der Waals surface area contributed by atoms with Crippen LogP contribution in [0.4, 0.5) is 0 Å². The molecule has 0 saturated heterocycles. The van der Waals surface area contributed by atoms with Gasteiger partial charge in [-0.3, -0.25) is 19.1 Å². The van der Waals surface area contributed by atoms with E-state index in [-0.39, 0.29) is 17.4 Å². The molecule has 0 unspecified atom stereocenters.